The summed E-state index contributed by atoms with van der Waals surface area (Å²) in [7, 11) is 0. The van der Waals surface area contributed by atoms with Crippen LogP contribution in [-0.4, -0.2) is 34.5 Å². The third-order valence-electron chi connectivity index (χ3n) is 2.57. The average molecular weight is 211 g/mol. The highest BCUT2D eigenvalue weighted by Crippen LogP contribution is 2.21. The molecule has 1 aliphatic rings. The van der Waals surface area contributed by atoms with Crippen LogP contribution in [0.3, 0.4) is 0 Å². The minimum atomic E-state index is -0.956. The van der Waals surface area contributed by atoms with E-state index in [0.29, 0.717) is 0 Å². The van der Waals surface area contributed by atoms with Crippen molar-refractivity contribution in [3.8, 4) is 0 Å². The number of hydrogen-bond donors (Lipinski definition) is 1. The van der Waals surface area contributed by atoms with E-state index in [-0.39, 0.29) is 24.4 Å². The molecule has 1 aliphatic carbocycles. The van der Waals surface area contributed by atoms with Crippen LogP contribution in [0.4, 0.5) is 0 Å². The molecule has 0 fully saturated rings. The summed E-state index contributed by atoms with van der Waals surface area (Å²) >= 11 is 0. The Morgan fingerprint density at radius 2 is 1.93 bits per heavy atom. The maximum Gasteiger partial charge on any atom is 0.323 e. The quantitative estimate of drug-likeness (QED) is 0.712. The van der Waals surface area contributed by atoms with Gasteiger partial charge >= 0.3 is 5.97 Å². The lowest BCUT2D eigenvalue weighted by atomic mass is 10.0. The molecule has 0 aromatic carbocycles. The first-order valence-corrected chi connectivity index (χ1v) is 5.19. The number of carbonyl (C=O) groups is 2. The third-order valence-corrected chi connectivity index (χ3v) is 2.57. The van der Waals surface area contributed by atoms with Gasteiger partial charge in [-0.1, -0.05) is 12.2 Å². The number of carbonyl (C=O) groups excluding carboxylic acids is 1. The van der Waals surface area contributed by atoms with Gasteiger partial charge in [0.05, 0.1) is 0 Å². The standard InChI is InChI=1S/C11H17NO3/c1-8(2)12(7-10(13)14)11(15)9-5-3-4-6-9/h3-4,8-9H,5-7H2,1-2H3,(H,13,14). The van der Waals surface area contributed by atoms with Gasteiger partial charge in [-0.15, -0.1) is 0 Å². The number of aliphatic carboxylic acids is 1. The molecule has 4 heteroatoms. The fourth-order valence-electron chi connectivity index (χ4n) is 1.71. The highest BCUT2D eigenvalue weighted by molar-refractivity contribution is 5.83. The monoisotopic (exact) mass is 211 g/mol. The molecule has 0 spiro atoms. The van der Waals surface area contributed by atoms with E-state index in [4.69, 9.17) is 5.11 Å². The number of carboxylic acids is 1. The number of carboxylic acid groups (broad SMARTS) is 1. The summed E-state index contributed by atoms with van der Waals surface area (Å²) in [4.78, 5) is 24.0. The maximum absolute atomic E-state index is 11.9. The van der Waals surface area contributed by atoms with Crippen molar-refractivity contribution in [2.24, 2.45) is 5.92 Å². The molecule has 0 radical (unpaired) electrons. The van der Waals surface area contributed by atoms with Gasteiger partial charge in [-0.2, -0.15) is 0 Å². The summed E-state index contributed by atoms with van der Waals surface area (Å²) < 4.78 is 0. The Labute approximate surface area is 89.6 Å². The minimum Gasteiger partial charge on any atom is -0.480 e. The first-order chi connectivity index (χ1) is 7.02. The van der Waals surface area contributed by atoms with Crippen LogP contribution < -0.4 is 0 Å². The van der Waals surface area contributed by atoms with Crippen molar-refractivity contribution >= 4 is 11.9 Å². The number of rotatable bonds is 4. The first-order valence-electron chi connectivity index (χ1n) is 5.19. The summed E-state index contributed by atoms with van der Waals surface area (Å²) in [5.41, 5.74) is 0. The van der Waals surface area contributed by atoms with Gasteiger partial charge in [0, 0.05) is 12.0 Å². The van der Waals surface area contributed by atoms with Gasteiger partial charge in [0.25, 0.3) is 0 Å². The van der Waals surface area contributed by atoms with Crippen molar-refractivity contribution < 1.29 is 14.7 Å². The van der Waals surface area contributed by atoms with Crippen LogP contribution in [0.1, 0.15) is 26.7 Å². The number of nitrogens with zero attached hydrogens (tertiary/aromatic N) is 1. The van der Waals surface area contributed by atoms with Crippen molar-refractivity contribution in [1.82, 2.24) is 4.90 Å². The van der Waals surface area contributed by atoms with Gasteiger partial charge in [-0.3, -0.25) is 9.59 Å². The average Bonchev–Trinajstić information content (AvgIpc) is 2.65. The zero-order valence-electron chi connectivity index (χ0n) is 9.14. The van der Waals surface area contributed by atoms with Crippen LogP contribution in [0.5, 0.6) is 0 Å². The molecule has 0 heterocycles. The van der Waals surface area contributed by atoms with Crippen LogP contribution in [0.25, 0.3) is 0 Å². The van der Waals surface area contributed by atoms with E-state index >= 15 is 0 Å². The second kappa shape index (κ2) is 4.96. The Balaban J connectivity index is 2.62. The smallest absolute Gasteiger partial charge is 0.323 e. The molecule has 0 atom stereocenters. The summed E-state index contributed by atoms with van der Waals surface area (Å²) in [6.07, 6.45) is 5.42. The van der Waals surface area contributed by atoms with Crippen LogP contribution in [0.2, 0.25) is 0 Å². The molecule has 0 aromatic rings. The van der Waals surface area contributed by atoms with E-state index in [1.54, 1.807) is 0 Å². The van der Waals surface area contributed by atoms with E-state index in [0.717, 1.165) is 12.8 Å². The highest BCUT2D eigenvalue weighted by Gasteiger charge is 2.27. The second-order valence-corrected chi connectivity index (χ2v) is 4.09. The lowest BCUT2D eigenvalue weighted by Gasteiger charge is -2.27. The second-order valence-electron chi connectivity index (χ2n) is 4.09. The normalized spacial score (nSPS) is 15.9. The lowest BCUT2D eigenvalue weighted by Crippen LogP contribution is -2.43. The molecule has 1 rings (SSSR count). The third kappa shape index (κ3) is 3.08. The van der Waals surface area contributed by atoms with Crippen LogP contribution in [0.15, 0.2) is 12.2 Å². The molecule has 1 amide bonds. The summed E-state index contributed by atoms with van der Waals surface area (Å²) in [5.74, 6) is -1.05. The fraction of sp³-hybridized carbons (Fsp3) is 0.636. The van der Waals surface area contributed by atoms with E-state index < -0.39 is 5.97 Å². The van der Waals surface area contributed by atoms with Crippen molar-refractivity contribution in [1.29, 1.82) is 0 Å². The largest absolute Gasteiger partial charge is 0.480 e. The van der Waals surface area contributed by atoms with Gasteiger partial charge in [0.1, 0.15) is 6.54 Å². The predicted molar refractivity (Wildman–Crippen MR) is 56.3 cm³/mol. The van der Waals surface area contributed by atoms with Gasteiger partial charge in [-0.25, -0.2) is 0 Å². The van der Waals surface area contributed by atoms with E-state index in [2.05, 4.69) is 0 Å². The summed E-state index contributed by atoms with van der Waals surface area (Å²) in [6, 6.07) is -0.0609. The Morgan fingerprint density at radius 3 is 2.33 bits per heavy atom. The molecular weight excluding hydrogens is 194 g/mol. The Kier molecular flexibility index (Phi) is 3.88. The molecular formula is C11H17NO3. The Bertz CT molecular complexity index is 276. The fourth-order valence-corrected chi connectivity index (χ4v) is 1.71. The van der Waals surface area contributed by atoms with Gasteiger partial charge in [0.2, 0.25) is 5.91 Å². The summed E-state index contributed by atoms with van der Waals surface area (Å²) in [6.45, 7) is 3.47. The molecule has 0 aromatic heterocycles. The molecule has 0 bridgehead atoms. The van der Waals surface area contributed by atoms with Crippen molar-refractivity contribution in [3.05, 3.63) is 12.2 Å². The molecule has 84 valence electrons. The lowest BCUT2D eigenvalue weighted by molar-refractivity contribution is -0.147. The van der Waals surface area contributed by atoms with Gasteiger partial charge in [-0.05, 0) is 26.7 Å². The molecule has 0 saturated heterocycles. The Hall–Kier alpha value is -1.32. The van der Waals surface area contributed by atoms with E-state index in [9.17, 15) is 9.59 Å². The number of hydrogen-bond acceptors (Lipinski definition) is 2. The van der Waals surface area contributed by atoms with Crippen LogP contribution >= 0.6 is 0 Å². The topological polar surface area (TPSA) is 57.6 Å². The van der Waals surface area contributed by atoms with Gasteiger partial charge in [0.15, 0.2) is 0 Å². The van der Waals surface area contributed by atoms with E-state index in [1.165, 1.54) is 4.90 Å². The zero-order chi connectivity index (χ0) is 11.4. The molecule has 0 aliphatic heterocycles. The van der Waals surface area contributed by atoms with Crippen molar-refractivity contribution in [2.45, 2.75) is 32.7 Å². The molecule has 4 nitrogen and oxygen atoms in total. The van der Waals surface area contributed by atoms with E-state index in [1.807, 2.05) is 26.0 Å². The first kappa shape index (κ1) is 11.8. The molecule has 0 saturated carbocycles. The highest BCUT2D eigenvalue weighted by atomic mass is 16.4. The predicted octanol–water partition coefficient (Wildman–Crippen LogP) is 1.27. The molecule has 15 heavy (non-hydrogen) atoms. The molecule has 0 unspecified atom stereocenters. The van der Waals surface area contributed by atoms with Crippen LogP contribution in [-0.2, 0) is 9.59 Å². The minimum absolute atomic E-state index is 0.0441. The van der Waals surface area contributed by atoms with Crippen molar-refractivity contribution in [3.63, 3.8) is 0 Å². The molecule has 1 N–H and O–H groups in total. The number of allylic oxidation sites excluding steroid dienone is 2. The summed E-state index contributed by atoms with van der Waals surface area (Å²) in [5, 5.41) is 8.71. The Morgan fingerprint density at radius 1 is 1.40 bits per heavy atom. The van der Waals surface area contributed by atoms with Gasteiger partial charge < -0.3 is 10.0 Å². The maximum atomic E-state index is 11.9. The van der Waals surface area contributed by atoms with Crippen molar-refractivity contribution in [2.75, 3.05) is 6.54 Å². The SMILES string of the molecule is CC(C)N(CC(=O)O)C(=O)C1CC=CC1. The number of amides is 1. The zero-order valence-corrected chi connectivity index (χ0v) is 9.14. The van der Waals surface area contributed by atoms with Crippen LogP contribution in [0, 0.1) is 5.92 Å².